The van der Waals surface area contributed by atoms with Gasteiger partial charge in [-0.1, -0.05) is 30.3 Å². The molecule has 0 radical (unpaired) electrons. The Hall–Kier alpha value is -1.80. The van der Waals surface area contributed by atoms with Crippen LogP contribution in [0.2, 0.25) is 0 Å². The lowest BCUT2D eigenvalue weighted by Gasteiger charge is -2.17. The number of rotatable bonds is 8. The maximum atomic E-state index is 12.4. The van der Waals surface area contributed by atoms with Crippen molar-refractivity contribution in [2.45, 2.75) is 6.54 Å². The molecule has 134 valence electrons. The van der Waals surface area contributed by atoms with Crippen molar-refractivity contribution in [1.82, 2.24) is 10.2 Å². The first kappa shape index (κ1) is 19.5. The molecular weight excluding hydrogens is 431 g/mol. The highest BCUT2D eigenvalue weighted by atomic mass is 127. The van der Waals surface area contributed by atoms with Gasteiger partial charge in [-0.3, -0.25) is 4.79 Å². The van der Waals surface area contributed by atoms with E-state index in [4.69, 9.17) is 9.47 Å². The second kappa shape index (κ2) is 9.62. The Labute approximate surface area is 162 Å². The maximum absolute atomic E-state index is 12.4. The van der Waals surface area contributed by atoms with Crippen LogP contribution < -0.4 is 14.8 Å². The van der Waals surface area contributed by atoms with E-state index in [1.807, 2.05) is 25.2 Å². The quantitative estimate of drug-likeness (QED) is 0.623. The molecule has 0 atom stereocenters. The summed E-state index contributed by atoms with van der Waals surface area (Å²) in [7, 11) is 5.18. The average Bonchev–Trinajstić information content (AvgIpc) is 2.62. The van der Waals surface area contributed by atoms with E-state index in [1.165, 1.54) is 5.56 Å². The third kappa shape index (κ3) is 5.61. The summed E-state index contributed by atoms with van der Waals surface area (Å²) >= 11 is 2.13. The van der Waals surface area contributed by atoms with Gasteiger partial charge in [-0.25, -0.2) is 0 Å². The topological polar surface area (TPSA) is 50.8 Å². The van der Waals surface area contributed by atoms with Crippen molar-refractivity contribution in [3.05, 3.63) is 57.2 Å². The van der Waals surface area contributed by atoms with Crippen LogP contribution in [0, 0.1) is 3.57 Å². The highest BCUT2D eigenvalue weighted by molar-refractivity contribution is 14.1. The van der Waals surface area contributed by atoms with Gasteiger partial charge in [-0.05, 0) is 47.3 Å². The molecule has 2 rings (SSSR count). The highest BCUT2D eigenvalue weighted by Crippen LogP contribution is 2.31. The van der Waals surface area contributed by atoms with Crippen LogP contribution in [-0.2, 0) is 6.54 Å². The van der Waals surface area contributed by atoms with Gasteiger partial charge >= 0.3 is 0 Å². The van der Waals surface area contributed by atoms with Gasteiger partial charge in [-0.15, -0.1) is 0 Å². The standard InChI is InChI=1S/C19H23IN2O3/c1-22(13-14-7-5-4-6-8-14)10-9-21-19(23)15-11-17(24-2)18(25-3)12-16(15)20/h4-8,11-12H,9-10,13H2,1-3H3,(H,21,23). The summed E-state index contributed by atoms with van der Waals surface area (Å²) in [6.07, 6.45) is 0. The second-order valence-corrected chi connectivity index (χ2v) is 6.83. The van der Waals surface area contributed by atoms with Crippen LogP contribution >= 0.6 is 22.6 Å². The van der Waals surface area contributed by atoms with Gasteiger partial charge in [0.05, 0.1) is 19.8 Å². The zero-order valence-corrected chi connectivity index (χ0v) is 16.9. The van der Waals surface area contributed by atoms with Gasteiger partial charge < -0.3 is 19.7 Å². The summed E-state index contributed by atoms with van der Waals surface area (Å²) in [5.41, 5.74) is 1.84. The van der Waals surface area contributed by atoms with Crippen LogP contribution in [0.4, 0.5) is 0 Å². The zero-order valence-electron chi connectivity index (χ0n) is 14.7. The molecule has 0 spiro atoms. The Morgan fingerprint density at radius 1 is 1.12 bits per heavy atom. The molecule has 0 aliphatic heterocycles. The number of carbonyl (C=O) groups is 1. The fourth-order valence-electron chi connectivity index (χ4n) is 2.46. The van der Waals surface area contributed by atoms with E-state index < -0.39 is 0 Å². The van der Waals surface area contributed by atoms with Crippen molar-refractivity contribution < 1.29 is 14.3 Å². The van der Waals surface area contributed by atoms with Crippen molar-refractivity contribution in [2.75, 3.05) is 34.4 Å². The van der Waals surface area contributed by atoms with Gasteiger partial charge in [0.2, 0.25) is 0 Å². The molecule has 1 N–H and O–H groups in total. The van der Waals surface area contributed by atoms with E-state index in [0.29, 0.717) is 23.6 Å². The molecule has 0 heterocycles. The molecule has 25 heavy (non-hydrogen) atoms. The molecule has 0 saturated carbocycles. The lowest BCUT2D eigenvalue weighted by atomic mass is 10.2. The minimum Gasteiger partial charge on any atom is -0.493 e. The van der Waals surface area contributed by atoms with E-state index in [1.54, 1.807) is 26.4 Å². The van der Waals surface area contributed by atoms with E-state index >= 15 is 0 Å². The molecule has 2 aromatic carbocycles. The first-order valence-corrected chi connectivity index (χ1v) is 9.05. The summed E-state index contributed by atoms with van der Waals surface area (Å²) < 4.78 is 11.4. The number of halogens is 1. The fraction of sp³-hybridized carbons (Fsp3) is 0.316. The normalized spacial score (nSPS) is 10.6. The summed E-state index contributed by atoms with van der Waals surface area (Å²) in [5.74, 6) is 1.05. The first-order valence-electron chi connectivity index (χ1n) is 7.97. The largest absolute Gasteiger partial charge is 0.493 e. The molecule has 1 amide bonds. The van der Waals surface area contributed by atoms with Gasteiger partial charge in [0.25, 0.3) is 5.91 Å². The third-order valence-corrected chi connectivity index (χ3v) is 4.68. The SMILES string of the molecule is COc1cc(I)c(C(=O)NCCN(C)Cc2ccccc2)cc1OC. The van der Waals surface area contributed by atoms with E-state index in [-0.39, 0.29) is 5.91 Å². The van der Waals surface area contributed by atoms with Crippen molar-refractivity contribution in [2.24, 2.45) is 0 Å². The van der Waals surface area contributed by atoms with Crippen LogP contribution in [0.5, 0.6) is 11.5 Å². The number of hydrogen-bond donors (Lipinski definition) is 1. The Kier molecular flexibility index (Phi) is 7.52. The average molecular weight is 454 g/mol. The number of hydrogen-bond acceptors (Lipinski definition) is 4. The van der Waals surface area contributed by atoms with Gasteiger partial charge in [0.1, 0.15) is 0 Å². The summed E-state index contributed by atoms with van der Waals surface area (Å²) in [6.45, 7) is 2.20. The second-order valence-electron chi connectivity index (χ2n) is 5.67. The smallest absolute Gasteiger partial charge is 0.252 e. The lowest BCUT2D eigenvalue weighted by molar-refractivity contribution is 0.0948. The molecule has 0 bridgehead atoms. The number of likely N-dealkylation sites (N-methyl/N-ethyl adjacent to an activating group) is 1. The fourth-order valence-corrected chi connectivity index (χ4v) is 3.14. The highest BCUT2D eigenvalue weighted by Gasteiger charge is 2.15. The monoisotopic (exact) mass is 454 g/mol. The molecule has 2 aromatic rings. The molecule has 0 aromatic heterocycles. The van der Waals surface area contributed by atoms with Gasteiger partial charge in [-0.2, -0.15) is 0 Å². The Morgan fingerprint density at radius 2 is 1.76 bits per heavy atom. The molecular formula is C19H23IN2O3. The number of benzene rings is 2. The van der Waals surface area contributed by atoms with Crippen LogP contribution in [-0.4, -0.2) is 45.2 Å². The molecule has 5 nitrogen and oxygen atoms in total. The molecule has 0 aliphatic carbocycles. The van der Waals surface area contributed by atoms with E-state index in [2.05, 4.69) is 44.9 Å². The predicted octanol–water partition coefficient (Wildman–Crippen LogP) is 3.17. The van der Waals surface area contributed by atoms with Crippen LogP contribution in [0.1, 0.15) is 15.9 Å². The minimum atomic E-state index is -0.113. The van der Waals surface area contributed by atoms with Gasteiger partial charge in [0.15, 0.2) is 11.5 Å². The van der Waals surface area contributed by atoms with E-state index in [0.717, 1.165) is 16.7 Å². The van der Waals surface area contributed by atoms with E-state index in [9.17, 15) is 4.79 Å². The number of methoxy groups -OCH3 is 2. The Bertz CT molecular complexity index is 707. The maximum Gasteiger partial charge on any atom is 0.252 e. The summed E-state index contributed by atoms with van der Waals surface area (Å²) in [6, 6.07) is 13.8. The summed E-state index contributed by atoms with van der Waals surface area (Å²) in [5, 5.41) is 2.96. The number of nitrogens with zero attached hydrogens (tertiary/aromatic N) is 1. The van der Waals surface area contributed by atoms with Crippen LogP contribution in [0.3, 0.4) is 0 Å². The Balaban J connectivity index is 1.90. The number of amides is 1. The minimum absolute atomic E-state index is 0.113. The molecule has 0 saturated heterocycles. The van der Waals surface area contributed by atoms with Crippen LogP contribution in [0.15, 0.2) is 42.5 Å². The van der Waals surface area contributed by atoms with Crippen LogP contribution in [0.25, 0.3) is 0 Å². The first-order chi connectivity index (χ1) is 12.0. The molecule has 6 heteroatoms. The zero-order chi connectivity index (χ0) is 18.2. The number of carbonyl (C=O) groups excluding carboxylic acids is 1. The molecule has 0 unspecified atom stereocenters. The van der Waals surface area contributed by atoms with Gasteiger partial charge in [0, 0.05) is 23.2 Å². The van der Waals surface area contributed by atoms with Crippen molar-refractivity contribution in [1.29, 1.82) is 0 Å². The Morgan fingerprint density at radius 3 is 2.40 bits per heavy atom. The number of nitrogens with one attached hydrogen (secondary N) is 1. The predicted molar refractivity (Wildman–Crippen MR) is 107 cm³/mol. The third-order valence-electron chi connectivity index (χ3n) is 3.79. The van der Waals surface area contributed by atoms with Crippen molar-refractivity contribution >= 4 is 28.5 Å². The number of ether oxygens (including phenoxy) is 2. The lowest BCUT2D eigenvalue weighted by Crippen LogP contribution is -2.33. The van der Waals surface area contributed by atoms with Crippen molar-refractivity contribution in [3.63, 3.8) is 0 Å². The molecule has 0 fully saturated rings. The van der Waals surface area contributed by atoms with Crippen molar-refractivity contribution in [3.8, 4) is 11.5 Å². The summed E-state index contributed by atoms with van der Waals surface area (Å²) in [4.78, 5) is 14.6. The molecule has 0 aliphatic rings.